The maximum absolute atomic E-state index is 6.20. The molecule has 0 radical (unpaired) electrons. The van der Waals surface area contributed by atoms with Crippen LogP contribution in [-0.4, -0.2) is 22.2 Å². The normalized spacial score (nSPS) is 12.6. The van der Waals surface area contributed by atoms with E-state index < -0.39 is 0 Å². The van der Waals surface area contributed by atoms with Gasteiger partial charge in [-0.2, -0.15) is 0 Å². The van der Waals surface area contributed by atoms with Crippen molar-refractivity contribution in [2.45, 2.75) is 28.1 Å². The number of hydrogen-bond acceptors (Lipinski definition) is 6. The Morgan fingerprint density at radius 2 is 1.89 bits per heavy atom. The van der Waals surface area contributed by atoms with Crippen LogP contribution in [0.15, 0.2) is 32.9 Å². The Balaban J connectivity index is 1.90. The van der Waals surface area contributed by atoms with Crippen LogP contribution in [0.3, 0.4) is 0 Å². The SMILES string of the molecule is CCc1ccc(C(N)CSc2nnc(SC)s2)cc1. The molecular weight excluding hydrogens is 294 g/mol. The minimum atomic E-state index is 0.0394. The molecule has 0 bridgehead atoms. The van der Waals surface area contributed by atoms with E-state index in [4.69, 9.17) is 5.73 Å². The van der Waals surface area contributed by atoms with Crippen molar-refractivity contribution in [1.82, 2.24) is 10.2 Å². The zero-order valence-corrected chi connectivity index (χ0v) is 13.4. The van der Waals surface area contributed by atoms with Crippen LogP contribution >= 0.6 is 34.9 Å². The Morgan fingerprint density at radius 1 is 1.21 bits per heavy atom. The summed E-state index contributed by atoms with van der Waals surface area (Å²) in [5, 5.41) is 8.21. The predicted molar refractivity (Wildman–Crippen MR) is 85.2 cm³/mol. The third-order valence-corrected chi connectivity index (χ3v) is 5.92. The topological polar surface area (TPSA) is 51.8 Å². The zero-order valence-electron chi connectivity index (χ0n) is 11.0. The summed E-state index contributed by atoms with van der Waals surface area (Å²) in [5.41, 5.74) is 8.73. The first-order chi connectivity index (χ1) is 9.22. The van der Waals surface area contributed by atoms with Crippen LogP contribution in [0, 0.1) is 0 Å². The summed E-state index contributed by atoms with van der Waals surface area (Å²) in [4.78, 5) is 0. The van der Waals surface area contributed by atoms with Gasteiger partial charge in [0.2, 0.25) is 0 Å². The Hall–Kier alpha value is -0.560. The monoisotopic (exact) mass is 311 g/mol. The molecule has 2 N–H and O–H groups in total. The highest BCUT2D eigenvalue weighted by atomic mass is 32.2. The van der Waals surface area contributed by atoms with Crippen molar-refractivity contribution in [1.29, 1.82) is 0 Å². The van der Waals surface area contributed by atoms with Crippen molar-refractivity contribution in [2.75, 3.05) is 12.0 Å². The van der Waals surface area contributed by atoms with E-state index in [-0.39, 0.29) is 6.04 Å². The van der Waals surface area contributed by atoms with Gasteiger partial charge in [0, 0.05) is 11.8 Å². The first-order valence-corrected chi connectivity index (χ1v) is 9.10. The Morgan fingerprint density at radius 3 is 2.47 bits per heavy atom. The molecule has 2 aromatic rings. The highest BCUT2D eigenvalue weighted by molar-refractivity contribution is 8.02. The minimum absolute atomic E-state index is 0.0394. The van der Waals surface area contributed by atoms with Gasteiger partial charge in [-0.3, -0.25) is 0 Å². The second kappa shape index (κ2) is 7.28. The maximum atomic E-state index is 6.20. The van der Waals surface area contributed by atoms with E-state index in [2.05, 4.69) is 41.4 Å². The molecule has 0 saturated carbocycles. The summed E-state index contributed by atoms with van der Waals surface area (Å²) < 4.78 is 1.99. The third-order valence-electron chi connectivity index (χ3n) is 2.77. The van der Waals surface area contributed by atoms with E-state index in [9.17, 15) is 0 Å². The lowest BCUT2D eigenvalue weighted by molar-refractivity contribution is 0.828. The molecule has 0 saturated heterocycles. The molecule has 19 heavy (non-hydrogen) atoms. The maximum Gasteiger partial charge on any atom is 0.175 e. The molecule has 1 atom stereocenters. The summed E-state index contributed by atoms with van der Waals surface area (Å²) in [7, 11) is 0. The fraction of sp³-hybridized carbons (Fsp3) is 0.385. The van der Waals surface area contributed by atoms with E-state index >= 15 is 0 Å². The molecule has 0 aliphatic heterocycles. The number of aromatic nitrogens is 2. The summed E-state index contributed by atoms with van der Waals surface area (Å²) in [6, 6.07) is 8.58. The molecular formula is C13H17N3S3. The van der Waals surface area contributed by atoms with Crippen molar-refractivity contribution >= 4 is 34.9 Å². The van der Waals surface area contributed by atoms with E-state index in [1.807, 2.05) is 6.26 Å². The van der Waals surface area contributed by atoms with Crippen molar-refractivity contribution in [3.63, 3.8) is 0 Å². The van der Waals surface area contributed by atoms with Crippen LogP contribution in [0.25, 0.3) is 0 Å². The van der Waals surface area contributed by atoms with E-state index in [1.54, 1.807) is 34.9 Å². The van der Waals surface area contributed by atoms with E-state index in [0.29, 0.717) is 0 Å². The average molecular weight is 312 g/mol. The Bertz CT molecular complexity index is 510. The van der Waals surface area contributed by atoms with Gasteiger partial charge in [0.05, 0.1) is 0 Å². The first kappa shape index (κ1) is 14.8. The van der Waals surface area contributed by atoms with Crippen molar-refractivity contribution < 1.29 is 0 Å². The van der Waals surface area contributed by atoms with Gasteiger partial charge in [-0.05, 0) is 23.8 Å². The number of rotatable bonds is 6. The standard InChI is InChI=1S/C13H17N3S3/c1-3-9-4-6-10(7-5-9)11(14)8-18-13-16-15-12(17-2)19-13/h4-7,11H,3,8,14H2,1-2H3. The van der Waals surface area contributed by atoms with Crippen LogP contribution in [0.5, 0.6) is 0 Å². The van der Waals surface area contributed by atoms with Crippen LogP contribution in [-0.2, 0) is 6.42 Å². The molecule has 1 aromatic carbocycles. The molecule has 2 rings (SSSR count). The van der Waals surface area contributed by atoms with Gasteiger partial charge in [-0.25, -0.2) is 0 Å². The molecule has 0 amide bonds. The second-order valence-corrected chi connectivity index (χ2v) is 7.35. The lowest BCUT2D eigenvalue weighted by atomic mass is 10.1. The van der Waals surface area contributed by atoms with E-state index in [1.165, 1.54) is 11.1 Å². The quantitative estimate of drug-likeness (QED) is 0.826. The molecule has 1 heterocycles. The van der Waals surface area contributed by atoms with Gasteiger partial charge >= 0.3 is 0 Å². The lowest BCUT2D eigenvalue weighted by Gasteiger charge is -2.11. The van der Waals surface area contributed by atoms with Crippen LogP contribution < -0.4 is 5.73 Å². The molecule has 102 valence electrons. The van der Waals surface area contributed by atoms with E-state index in [0.717, 1.165) is 20.9 Å². The van der Waals surface area contributed by atoms with Gasteiger partial charge in [0.15, 0.2) is 8.68 Å². The van der Waals surface area contributed by atoms with Crippen molar-refractivity contribution in [3.05, 3.63) is 35.4 Å². The van der Waals surface area contributed by atoms with Gasteiger partial charge in [0.25, 0.3) is 0 Å². The fourth-order valence-corrected chi connectivity index (χ4v) is 4.05. The molecule has 0 aliphatic rings. The lowest BCUT2D eigenvalue weighted by Crippen LogP contribution is -2.12. The summed E-state index contributed by atoms with van der Waals surface area (Å²) in [6.45, 7) is 2.16. The molecule has 0 spiro atoms. The number of nitrogens with zero attached hydrogens (tertiary/aromatic N) is 2. The smallest absolute Gasteiger partial charge is 0.175 e. The van der Waals surface area contributed by atoms with Crippen molar-refractivity contribution in [2.24, 2.45) is 5.73 Å². The van der Waals surface area contributed by atoms with Gasteiger partial charge in [-0.15, -0.1) is 10.2 Å². The molecule has 1 aromatic heterocycles. The number of thioether (sulfide) groups is 2. The summed E-state index contributed by atoms with van der Waals surface area (Å²) in [5.74, 6) is 0.828. The second-order valence-electron chi connectivity index (χ2n) is 4.05. The number of aryl methyl sites for hydroxylation is 1. The minimum Gasteiger partial charge on any atom is -0.323 e. The van der Waals surface area contributed by atoms with Crippen LogP contribution in [0.1, 0.15) is 24.1 Å². The van der Waals surface area contributed by atoms with Crippen LogP contribution in [0.4, 0.5) is 0 Å². The fourth-order valence-electron chi connectivity index (χ4n) is 1.60. The van der Waals surface area contributed by atoms with Gasteiger partial charge < -0.3 is 5.73 Å². The average Bonchev–Trinajstić information content (AvgIpc) is 2.93. The number of nitrogens with two attached hydrogens (primary N) is 1. The van der Waals surface area contributed by atoms with Crippen molar-refractivity contribution in [3.8, 4) is 0 Å². The molecule has 0 aliphatic carbocycles. The first-order valence-electron chi connectivity index (χ1n) is 6.07. The largest absolute Gasteiger partial charge is 0.323 e. The predicted octanol–water partition coefficient (Wildman–Crippen LogP) is 3.61. The zero-order chi connectivity index (χ0) is 13.7. The third kappa shape index (κ3) is 4.21. The molecule has 3 nitrogen and oxygen atoms in total. The molecule has 0 fully saturated rings. The Labute approximate surface area is 126 Å². The number of benzene rings is 1. The highest BCUT2D eigenvalue weighted by Gasteiger charge is 2.09. The van der Waals surface area contributed by atoms with Gasteiger partial charge in [-0.1, -0.05) is 66.0 Å². The van der Waals surface area contributed by atoms with Gasteiger partial charge in [0.1, 0.15) is 0 Å². The summed E-state index contributed by atoms with van der Waals surface area (Å²) >= 11 is 4.93. The van der Waals surface area contributed by atoms with Crippen LogP contribution in [0.2, 0.25) is 0 Å². The Kier molecular flexibility index (Phi) is 5.69. The number of hydrogen-bond donors (Lipinski definition) is 1. The summed E-state index contributed by atoms with van der Waals surface area (Å²) in [6.07, 6.45) is 3.07. The molecule has 6 heteroatoms. The molecule has 1 unspecified atom stereocenters. The highest BCUT2D eigenvalue weighted by Crippen LogP contribution is 2.29.